The van der Waals surface area contributed by atoms with E-state index in [9.17, 15) is 18.0 Å². The van der Waals surface area contributed by atoms with E-state index in [1.807, 2.05) is 0 Å². The number of benzene rings is 1. The van der Waals surface area contributed by atoms with Crippen LogP contribution in [0.5, 0.6) is 0 Å². The summed E-state index contributed by atoms with van der Waals surface area (Å²) in [6.45, 7) is 0.974. The normalized spacial score (nSPS) is 18.7. The number of hydrogen-bond acceptors (Lipinski definition) is 4. The van der Waals surface area contributed by atoms with Crippen LogP contribution in [-0.2, 0) is 11.0 Å². The first-order valence-electron chi connectivity index (χ1n) is 8.99. The molecular formula is C20H18F3N3O2. The van der Waals surface area contributed by atoms with Gasteiger partial charge in [0.2, 0.25) is 0 Å². The molecule has 2 aliphatic rings. The Morgan fingerprint density at radius 1 is 1.11 bits per heavy atom. The van der Waals surface area contributed by atoms with Crippen molar-refractivity contribution in [2.24, 2.45) is 5.16 Å². The number of oxime groups is 1. The molecule has 1 amide bonds. The van der Waals surface area contributed by atoms with E-state index < -0.39 is 17.3 Å². The van der Waals surface area contributed by atoms with Gasteiger partial charge < -0.3 is 9.74 Å². The van der Waals surface area contributed by atoms with Gasteiger partial charge in [-0.1, -0.05) is 23.4 Å². The average molecular weight is 389 g/mol. The van der Waals surface area contributed by atoms with Crippen molar-refractivity contribution in [1.82, 2.24) is 9.88 Å². The van der Waals surface area contributed by atoms with Crippen LogP contribution in [-0.4, -0.2) is 40.2 Å². The van der Waals surface area contributed by atoms with Crippen LogP contribution >= 0.6 is 0 Å². The molecule has 2 aliphatic heterocycles. The first-order valence-corrected chi connectivity index (χ1v) is 8.99. The molecule has 5 nitrogen and oxygen atoms in total. The molecule has 8 heteroatoms. The maximum Gasteiger partial charge on any atom is 0.416 e. The molecule has 0 radical (unpaired) electrons. The summed E-state index contributed by atoms with van der Waals surface area (Å²) < 4.78 is 38.8. The smallest absolute Gasteiger partial charge is 0.388 e. The van der Waals surface area contributed by atoms with Crippen LogP contribution in [0.4, 0.5) is 13.2 Å². The number of carbonyl (C=O) groups excluding carboxylic acids is 1. The zero-order valence-corrected chi connectivity index (χ0v) is 14.9. The molecule has 0 aliphatic carbocycles. The van der Waals surface area contributed by atoms with Crippen molar-refractivity contribution in [2.75, 3.05) is 13.1 Å². The SMILES string of the molecule is O=C(c1ccccn1)N1CCC2(CC1)CC(c1cccc(C(F)(F)F)c1)=NO2. The Bertz CT molecular complexity index is 904. The molecule has 4 rings (SSSR count). The summed E-state index contributed by atoms with van der Waals surface area (Å²) in [6, 6.07) is 10.3. The number of likely N-dealkylation sites (tertiary alicyclic amines) is 1. The topological polar surface area (TPSA) is 54.8 Å². The molecule has 28 heavy (non-hydrogen) atoms. The Hall–Kier alpha value is -2.90. The van der Waals surface area contributed by atoms with Crippen molar-refractivity contribution in [1.29, 1.82) is 0 Å². The van der Waals surface area contributed by atoms with Gasteiger partial charge in [-0.15, -0.1) is 0 Å². The second kappa shape index (κ2) is 6.92. The highest BCUT2D eigenvalue weighted by atomic mass is 19.4. The number of pyridine rings is 1. The first kappa shape index (κ1) is 18.5. The number of hydrogen-bond donors (Lipinski definition) is 0. The van der Waals surface area contributed by atoms with E-state index in [4.69, 9.17) is 4.84 Å². The molecule has 0 N–H and O–H groups in total. The molecule has 1 spiro atoms. The van der Waals surface area contributed by atoms with Crippen LogP contribution in [0, 0.1) is 0 Å². The molecular weight excluding hydrogens is 371 g/mol. The summed E-state index contributed by atoms with van der Waals surface area (Å²) in [5.74, 6) is -0.132. The largest absolute Gasteiger partial charge is 0.416 e. The van der Waals surface area contributed by atoms with Gasteiger partial charge in [0.05, 0.1) is 11.3 Å². The number of carbonyl (C=O) groups is 1. The molecule has 3 heterocycles. The van der Waals surface area contributed by atoms with Gasteiger partial charge in [0, 0.05) is 44.1 Å². The lowest BCUT2D eigenvalue weighted by atomic mass is 9.85. The lowest BCUT2D eigenvalue weighted by Gasteiger charge is -2.37. The number of nitrogens with zero attached hydrogens (tertiary/aromatic N) is 3. The predicted molar refractivity (Wildman–Crippen MR) is 95.8 cm³/mol. The molecule has 0 unspecified atom stereocenters. The third-order valence-corrected chi connectivity index (χ3v) is 5.21. The molecule has 1 aromatic heterocycles. The minimum absolute atomic E-state index is 0.132. The molecule has 0 saturated carbocycles. The number of piperidine rings is 1. The minimum Gasteiger partial charge on any atom is -0.388 e. The molecule has 0 atom stereocenters. The van der Waals surface area contributed by atoms with Crippen molar-refractivity contribution in [3.63, 3.8) is 0 Å². The third-order valence-electron chi connectivity index (χ3n) is 5.21. The zero-order chi connectivity index (χ0) is 19.8. The van der Waals surface area contributed by atoms with E-state index in [1.54, 1.807) is 35.4 Å². The van der Waals surface area contributed by atoms with Gasteiger partial charge in [-0.3, -0.25) is 9.78 Å². The number of amides is 1. The number of alkyl halides is 3. The number of rotatable bonds is 2. The summed E-state index contributed by atoms with van der Waals surface area (Å²) in [5.41, 5.74) is 0.0511. The molecule has 0 bridgehead atoms. The van der Waals surface area contributed by atoms with Crippen LogP contribution in [0.25, 0.3) is 0 Å². The highest BCUT2D eigenvalue weighted by molar-refractivity contribution is 6.01. The predicted octanol–water partition coefficient (Wildman–Crippen LogP) is 3.90. The van der Waals surface area contributed by atoms with Gasteiger partial charge in [0.1, 0.15) is 11.3 Å². The van der Waals surface area contributed by atoms with Crippen molar-refractivity contribution < 1.29 is 22.8 Å². The quantitative estimate of drug-likeness (QED) is 0.783. The Balaban J connectivity index is 1.41. The summed E-state index contributed by atoms with van der Waals surface area (Å²) in [6.07, 6.45) is -1.26. The standard InChI is InChI=1S/C20H18F3N3O2/c21-20(22,23)15-5-3-4-14(12-15)17-13-19(28-25-17)7-10-26(11-8-19)18(27)16-6-1-2-9-24-16/h1-6,9,12H,7-8,10-11,13H2. The average Bonchev–Trinajstić information content (AvgIpc) is 3.12. The summed E-state index contributed by atoms with van der Waals surface area (Å²) in [4.78, 5) is 24.0. The molecule has 2 aromatic rings. The van der Waals surface area contributed by atoms with Crippen molar-refractivity contribution in [3.8, 4) is 0 Å². The maximum atomic E-state index is 12.9. The van der Waals surface area contributed by atoms with Crippen LogP contribution in [0.2, 0.25) is 0 Å². The maximum absolute atomic E-state index is 12.9. The third kappa shape index (κ3) is 3.58. The Morgan fingerprint density at radius 2 is 1.89 bits per heavy atom. The monoisotopic (exact) mass is 389 g/mol. The number of halogens is 3. The van der Waals surface area contributed by atoms with Crippen LogP contribution in [0.15, 0.2) is 53.8 Å². The molecule has 1 saturated heterocycles. The van der Waals surface area contributed by atoms with Gasteiger partial charge in [-0.25, -0.2) is 0 Å². The van der Waals surface area contributed by atoms with Crippen molar-refractivity contribution >= 4 is 11.6 Å². The first-order chi connectivity index (χ1) is 13.4. The second-order valence-corrected chi connectivity index (χ2v) is 7.07. The van der Waals surface area contributed by atoms with Gasteiger partial charge in [-0.2, -0.15) is 13.2 Å². The zero-order valence-electron chi connectivity index (χ0n) is 14.9. The summed E-state index contributed by atoms with van der Waals surface area (Å²) in [5, 5.41) is 4.07. The summed E-state index contributed by atoms with van der Waals surface area (Å²) >= 11 is 0. The molecule has 1 fully saturated rings. The van der Waals surface area contributed by atoms with Gasteiger partial charge in [0.25, 0.3) is 5.91 Å². The highest BCUT2D eigenvalue weighted by Crippen LogP contribution is 2.37. The Labute approximate surface area is 159 Å². The van der Waals surface area contributed by atoms with Crippen molar-refractivity contribution in [3.05, 3.63) is 65.5 Å². The lowest BCUT2D eigenvalue weighted by molar-refractivity contribution is -0.137. The molecule has 1 aromatic carbocycles. The van der Waals surface area contributed by atoms with E-state index in [-0.39, 0.29) is 5.91 Å². The minimum atomic E-state index is -4.40. The number of aromatic nitrogens is 1. The van der Waals surface area contributed by atoms with Gasteiger partial charge in [-0.05, 0) is 24.3 Å². The van der Waals surface area contributed by atoms with Gasteiger partial charge in [0.15, 0.2) is 0 Å². The lowest BCUT2D eigenvalue weighted by Crippen LogP contribution is -2.47. The van der Waals surface area contributed by atoms with E-state index >= 15 is 0 Å². The second-order valence-electron chi connectivity index (χ2n) is 7.07. The molecule has 146 valence electrons. The summed E-state index contributed by atoms with van der Waals surface area (Å²) in [7, 11) is 0. The van der Waals surface area contributed by atoms with Gasteiger partial charge >= 0.3 is 6.18 Å². The van der Waals surface area contributed by atoms with E-state index in [1.165, 1.54) is 6.07 Å². The van der Waals surface area contributed by atoms with E-state index in [0.717, 1.165) is 12.1 Å². The van der Waals surface area contributed by atoms with Crippen LogP contribution in [0.1, 0.15) is 40.9 Å². The van der Waals surface area contributed by atoms with Crippen LogP contribution < -0.4 is 0 Å². The van der Waals surface area contributed by atoms with Crippen molar-refractivity contribution in [2.45, 2.75) is 31.0 Å². The fourth-order valence-electron chi connectivity index (χ4n) is 3.59. The fourth-order valence-corrected chi connectivity index (χ4v) is 3.59. The van der Waals surface area contributed by atoms with E-state index in [2.05, 4.69) is 10.1 Å². The Morgan fingerprint density at radius 3 is 2.57 bits per heavy atom. The highest BCUT2D eigenvalue weighted by Gasteiger charge is 2.43. The fraction of sp³-hybridized carbons (Fsp3) is 0.350. The van der Waals surface area contributed by atoms with E-state index in [0.29, 0.717) is 49.3 Å². The van der Waals surface area contributed by atoms with Crippen LogP contribution in [0.3, 0.4) is 0 Å². The Kier molecular flexibility index (Phi) is 4.56.